The summed E-state index contributed by atoms with van der Waals surface area (Å²) in [6.07, 6.45) is 5.33. The number of allylic oxidation sites excluding steroid dienone is 2. The van der Waals surface area contributed by atoms with Crippen molar-refractivity contribution in [1.82, 2.24) is 5.32 Å². The Morgan fingerprint density at radius 2 is 2.15 bits per heavy atom. The largest absolute Gasteiger partial charge is 0.394 e. The smallest absolute Gasteiger partial charge is 0.146 e. The van der Waals surface area contributed by atoms with Gasteiger partial charge in [0.05, 0.1) is 0 Å². The lowest BCUT2D eigenvalue weighted by atomic mass is 9.57. The van der Waals surface area contributed by atoms with E-state index >= 15 is 0 Å². The first kappa shape index (κ1) is 15.0. The molecular formula is C18H25BN. The normalized spacial score (nSPS) is 17.0. The fourth-order valence-electron chi connectivity index (χ4n) is 2.89. The number of nitrogens with one attached hydrogen (secondary N) is 1. The minimum Gasteiger partial charge on any atom is -0.394 e. The lowest BCUT2D eigenvalue weighted by molar-refractivity contribution is 0.681. The Hall–Kier alpha value is -1.44. The van der Waals surface area contributed by atoms with Crippen molar-refractivity contribution < 1.29 is 0 Å². The molecule has 0 fully saturated rings. The van der Waals surface area contributed by atoms with Crippen molar-refractivity contribution in [2.45, 2.75) is 51.8 Å². The van der Waals surface area contributed by atoms with Crippen LogP contribution in [-0.4, -0.2) is 13.2 Å². The van der Waals surface area contributed by atoms with Gasteiger partial charge in [0.15, 0.2) is 0 Å². The van der Waals surface area contributed by atoms with Crippen LogP contribution in [0.3, 0.4) is 0 Å². The summed E-state index contributed by atoms with van der Waals surface area (Å²) in [6, 6.07) is 6.66. The topological polar surface area (TPSA) is 12.0 Å². The van der Waals surface area contributed by atoms with E-state index in [-0.39, 0.29) is 0 Å². The van der Waals surface area contributed by atoms with Gasteiger partial charge in [-0.25, -0.2) is 0 Å². The number of hydrogen-bond donors (Lipinski definition) is 1. The summed E-state index contributed by atoms with van der Waals surface area (Å²) < 4.78 is 0. The minimum absolute atomic E-state index is 0.421. The highest BCUT2D eigenvalue weighted by Gasteiger charge is 2.22. The highest BCUT2D eigenvalue weighted by molar-refractivity contribution is 6.38. The number of hydrogen-bond acceptors (Lipinski definition) is 1. The van der Waals surface area contributed by atoms with Crippen LogP contribution in [0.15, 0.2) is 37.1 Å². The zero-order valence-corrected chi connectivity index (χ0v) is 12.8. The number of rotatable bonds is 6. The Kier molecular flexibility index (Phi) is 5.11. The fourth-order valence-corrected chi connectivity index (χ4v) is 2.89. The lowest BCUT2D eigenvalue weighted by Gasteiger charge is -2.28. The highest BCUT2D eigenvalue weighted by atomic mass is 14.9. The van der Waals surface area contributed by atoms with Gasteiger partial charge in [0.2, 0.25) is 0 Å². The second kappa shape index (κ2) is 6.83. The van der Waals surface area contributed by atoms with E-state index in [4.69, 9.17) is 0 Å². The standard InChI is InChI=1S/C18H25BN/c1-5-8-13(3)16-10-7-9-15-11-18(19-12-17(15)16)20-14(4)6-2/h7,9-10,18,20H,3-6,8,11-12H2,1-2H3. The van der Waals surface area contributed by atoms with Gasteiger partial charge in [-0.2, -0.15) is 0 Å². The van der Waals surface area contributed by atoms with Crippen LogP contribution in [0, 0.1) is 0 Å². The predicted octanol–water partition coefficient (Wildman–Crippen LogP) is 4.10. The second-order valence-electron chi connectivity index (χ2n) is 5.65. The van der Waals surface area contributed by atoms with E-state index in [2.05, 4.69) is 57.8 Å². The molecule has 1 aromatic rings. The molecule has 0 saturated heterocycles. The quantitative estimate of drug-likeness (QED) is 0.764. The summed E-state index contributed by atoms with van der Waals surface area (Å²) in [6.45, 7) is 12.7. The molecule has 1 aromatic carbocycles. The fraction of sp³-hybridized carbons (Fsp3) is 0.444. The van der Waals surface area contributed by atoms with Crippen LogP contribution < -0.4 is 5.32 Å². The monoisotopic (exact) mass is 266 g/mol. The van der Waals surface area contributed by atoms with Gasteiger partial charge in [0.1, 0.15) is 7.28 Å². The van der Waals surface area contributed by atoms with Crippen molar-refractivity contribution >= 4 is 12.9 Å². The second-order valence-corrected chi connectivity index (χ2v) is 5.65. The van der Waals surface area contributed by atoms with Gasteiger partial charge in [-0.05, 0) is 47.5 Å². The summed E-state index contributed by atoms with van der Waals surface area (Å²) in [5, 5.41) is 3.51. The van der Waals surface area contributed by atoms with E-state index in [1.807, 2.05) is 0 Å². The first-order valence-electron chi connectivity index (χ1n) is 7.72. The molecule has 0 amide bonds. The van der Waals surface area contributed by atoms with Gasteiger partial charge in [0, 0.05) is 5.70 Å². The van der Waals surface area contributed by atoms with E-state index in [9.17, 15) is 0 Å². The Balaban J connectivity index is 2.16. The lowest BCUT2D eigenvalue weighted by Crippen LogP contribution is -2.40. The average Bonchev–Trinajstić information content (AvgIpc) is 2.46. The Morgan fingerprint density at radius 3 is 2.85 bits per heavy atom. The van der Waals surface area contributed by atoms with E-state index in [0.717, 1.165) is 37.7 Å². The molecule has 0 bridgehead atoms. The van der Waals surface area contributed by atoms with Gasteiger partial charge in [-0.15, -0.1) is 0 Å². The molecule has 20 heavy (non-hydrogen) atoms. The van der Waals surface area contributed by atoms with E-state index in [1.54, 1.807) is 0 Å². The summed E-state index contributed by atoms with van der Waals surface area (Å²) in [4.78, 5) is 0. The molecule has 0 aliphatic carbocycles. The van der Waals surface area contributed by atoms with Crippen molar-refractivity contribution in [2.75, 3.05) is 0 Å². The molecular weight excluding hydrogens is 241 g/mol. The molecule has 105 valence electrons. The van der Waals surface area contributed by atoms with Crippen molar-refractivity contribution in [3.05, 3.63) is 53.7 Å². The van der Waals surface area contributed by atoms with E-state index < -0.39 is 0 Å². The van der Waals surface area contributed by atoms with Crippen molar-refractivity contribution in [3.63, 3.8) is 0 Å². The number of fused-ring (bicyclic) bond motifs is 1. The third-order valence-corrected chi connectivity index (χ3v) is 4.07. The molecule has 0 aromatic heterocycles. The summed E-state index contributed by atoms with van der Waals surface area (Å²) >= 11 is 0. The van der Waals surface area contributed by atoms with Crippen LogP contribution in [-0.2, 0) is 12.7 Å². The molecule has 1 radical (unpaired) electrons. The van der Waals surface area contributed by atoms with Gasteiger partial charge in [-0.1, -0.05) is 57.9 Å². The average molecular weight is 266 g/mol. The Morgan fingerprint density at radius 1 is 1.35 bits per heavy atom. The van der Waals surface area contributed by atoms with Crippen molar-refractivity contribution in [3.8, 4) is 0 Å². The molecule has 1 unspecified atom stereocenters. The molecule has 0 spiro atoms. The third kappa shape index (κ3) is 3.36. The van der Waals surface area contributed by atoms with E-state index in [0.29, 0.717) is 5.94 Å². The molecule has 1 atom stereocenters. The molecule has 1 nitrogen and oxygen atoms in total. The summed E-state index contributed by atoms with van der Waals surface area (Å²) in [5.41, 5.74) is 6.71. The SMILES string of the molecule is C=C(CC)NC1[B]Cc2c(cccc2C(=C)CCC)C1. The van der Waals surface area contributed by atoms with Crippen molar-refractivity contribution in [2.24, 2.45) is 0 Å². The van der Waals surface area contributed by atoms with Gasteiger partial charge in [-0.3, -0.25) is 0 Å². The zero-order chi connectivity index (χ0) is 14.5. The van der Waals surface area contributed by atoms with Gasteiger partial charge in [0.25, 0.3) is 0 Å². The molecule has 1 heterocycles. The Labute approximate surface area is 124 Å². The molecule has 1 aliphatic heterocycles. The predicted molar refractivity (Wildman–Crippen MR) is 89.9 cm³/mol. The Bertz CT molecular complexity index is 504. The van der Waals surface area contributed by atoms with Gasteiger partial charge < -0.3 is 5.32 Å². The van der Waals surface area contributed by atoms with Crippen LogP contribution in [0.25, 0.3) is 5.57 Å². The molecule has 0 saturated carbocycles. The van der Waals surface area contributed by atoms with Gasteiger partial charge >= 0.3 is 0 Å². The molecule has 1 N–H and O–H groups in total. The number of benzene rings is 1. The molecule has 2 rings (SSSR count). The minimum atomic E-state index is 0.421. The summed E-state index contributed by atoms with van der Waals surface area (Å²) in [7, 11) is 2.38. The maximum absolute atomic E-state index is 4.26. The van der Waals surface area contributed by atoms with Crippen LogP contribution >= 0.6 is 0 Å². The third-order valence-electron chi connectivity index (χ3n) is 4.07. The van der Waals surface area contributed by atoms with Crippen LogP contribution in [0.5, 0.6) is 0 Å². The highest BCUT2D eigenvalue weighted by Crippen LogP contribution is 2.28. The van der Waals surface area contributed by atoms with Crippen LogP contribution in [0.2, 0.25) is 0 Å². The first-order chi connectivity index (χ1) is 9.65. The molecule has 1 aliphatic rings. The maximum atomic E-state index is 4.26. The van der Waals surface area contributed by atoms with Crippen LogP contribution in [0.4, 0.5) is 0 Å². The molecule has 2 heteroatoms. The zero-order valence-electron chi connectivity index (χ0n) is 12.8. The van der Waals surface area contributed by atoms with Crippen LogP contribution in [0.1, 0.15) is 49.8 Å². The van der Waals surface area contributed by atoms with E-state index in [1.165, 1.54) is 22.3 Å². The van der Waals surface area contributed by atoms with Crippen molar-refractivity contribution in [1.29, 1.82) is 0 Å². The maximum Gasteiger partial charge on any atom is 0.146 e. The summed E-state index contributed by atoms with van der Waals surface area (Å²) in [5.74, 6) is 0.421. The first-order valence-corrected chi connectivity index (χ1v) is 7.72.